The Hall–Kier alpha value is 0.260. The summed E-state index contributed by atoms with van der Waals surface area (Å²) in [4.78, 5) is 0. The van der Waals surface area contributed by atoms with Crippen LogP contribution in [0.4, 0.5) is 0 Å². The fraction of sp³-hybridized carbons (Fsp3) is 1.00. The van der Waals surface area contributed by atoms with E-state index in [0.29, 0.717) is 13.1 Å². The minimum atomic E-state index is -3.17. The molecule has 0 aromatic rings. The van der Waals surface area contributed by atoms with Crippen molar-refractivity contribution in [3.8, 4) is 0 Å². The highest BCUT2D eigenvalue weighted by molar-refractivity contribution is 7.90. The second-order valence-electron chi connectivity index (χ2n) is 5.13. The number of hydrogen-bond acceptors (Lipinski definition) is 3. The molecule has 3 nitrogen and oxygen atoms in total. The largest absolute Gasteiger partial charge is 0.219 e. The number of thiol groups is 1. The Kier molecular flexibility index (Phi) is 4.12. The first-order valence-corrected chi connectivity index (χ1v) is 7.38. The van der Waals surface area contributed by atoms with Crippen molar-refractivity contribution >= 4 is 22.7 Å². The van der Waals surface area contributed by atoms with Crippen LogP contribution in [0.25, 0.3) is 0 Å². The van der Waals surface area contributed by atoms with E-state index in [1.54, 1.807) is 25.1 Å². The Labute approximate surface area is 98.7 Å². The molecule has 0 aliphatic carbocycles. The van der Waals surface area contributed by atoms with Crippen LogP contribution in [0.5, 0.6) is 0 Å². The van der Waals surface area contributed by atoms with Crippen molar-refractivity contribution in [2.75, 3.05) is 13.1 Å². The molecule has 0 bridgehead atoms. The van der Waals surface area contributed by atoms with Crippen LogP contribution in [0.15, 0.2) is 0 Å². The van der Waals surface area contributed by atoms with E-state index in [1.807, 2.05) is 0 Å². The maximum Gasteiger partial charge on any atom is 0.219 e. The summed E-state index contributed by atoms with van der Waals surface area (Å²) in [5, 5.41) is 0.185. The van der Waals surface area contributed by atoms with Gasteiger partial charge in [-0.05, 0) is 33.6 Å². The lowest BCUT2D eigenvalue weighted by atomic mass is 10.2. The maximum atomic E-state index is 12.2. The minimum absolute atomic E-state index is 0.185. The molecular formula is C10H21NO2S2. The van der Waals surface area contributed by atoms with Gasteiger partial charge >= 0.3 is 0 Å². The third-order valence-corrected chi connectivity index (χ3v) is 5.70. The molecule has 1 aliphatic heterocycles. The van der Waals surface area contributed by atoms with Crippen molar-refractivity contribution in [1.29, 1.82) is 0 Å². The molecule has 1 saturated heterocycles. The van der Waals surface area contributed by atoms with Gasteiger partial charge in [0.25, 0.3) is 0 Å². The monoisotopic (exact) mass is 251 g/mol. The minimum Gasteiger partial charge on any atom is -0.212 e. The third kappa shape index (κ3) is 3.11. The summed E-state index contributed by atoms with van der Waals surface area (Å²) in [6.07, 6.45) is 3.04. The van der Waals surface area contributed by atoms with Gasteiger partial charge in [0.05, 0.1) is 4.75 Å². The van der Waals surface area contributed by atoms with Crippen LogP contribution >= 0.6 is 12.6 Å². The molecule has 0 radical (unpaired) electrons. The zero-order valence-electron chi connectivity index (χ0n) is 9.73. The van der Waals surface area contributed by atoms with Gasteiger partial charge in [-0.2, -0.15) is 12.6 Å². The van der Waals surface area contributed by atoms with Gasteiger partial charge in [-0.15, -0.1) is 0 Å². The summed E-state index contributed by atoms with van der Waals surface area (Å²) < 4.78 is 25.3. The Morgan fingerprint density at radius 2 is 1.87 bits per heavy atom. The highest BCUT2D eigenvalue weighted by Gasteiger charge is 2.36. The lowest BCUT2D eigenvalue weighted by Gasteiger charge is -2.29. The van der Waals surface area contributed by atoms with Gasteiger partial charge in [0.1, 0.15) is 0 Å². The number of hydrogen-bond donors (Lipinski definition) is 1. The third-order valence-electron chi connectivity index (χ3n) is 2.72. The number of sulfonamides is 1. The predicted octanol–water partition coefficient (Wildman–Crippen LogP) is 1.90. The molecular weight excluding hydrogens is 230 g/mol. The van der Waals surface area contributed by atoms with Gasteiger partial charge in [-0.1, -0.05) is 6.42 Å². The molecule has 1 unspecified atom stereocenters. The zero-order chi connectivity index (χ0) is 11.7. The fourth-order valence-corrected chi connectivity index (χ4v) is 3.70. The van der Waals surface area contributed by atoms with Crippen LogP contribution in [0.1, 0.15) is 40.0 Å². The van der Waals surface area contributed by atoms with Crippen LogP contribution in [-0.2, 0) is 10.0 Å². The summed E-state index contributed by atoms with van der Waals surface area (Å²) in [5.41, 5.74) is 0. The summed E-state index contributed by atoms with van der Waals surface area (Å²) in [7, 11) is -3.17. The van der Waals surface area contributed by atoms with Crippen molar-refractivity contribution < 1.29 is 8.42 Å². The molecule has 0 aromatic heterocycles. The molecule has 0 N–H and O–H groups in total. The van der Waals surface area contributed by atoms with Crippen molar-refractivity contribution in [1.82, 2.24) is 4.31 Å². The van der Waals surface area contributed by atoms with E-state index in [2.05, 4.69) is 12.6 Å². The molecule has 1 atom stereocenters. The van der Waals surface area contributed by atoms with Crippen molar-refractivity contribution in [2.24, 2.45) is 0 Å². The second-order valence-corrected chi connectivity index (χ2v) is 8.55. The highest BCUT2D eigenvalue weighted by Crippen LogP contribution is 2.24. The molecule has 0 amide bonds. The quantitative estimate of drug-likeness (QED) is 0.723. The molecule has 0 spiro atoms. The molecule has 0 aromatic carbocycles. The molecule has 15 heavy (non-hydrogen) atoms. The number of nitrogens with zero attached hydrogens (tertiary/aromatic N) is 1. The predicted molar refractivity (Wildman–Crippen MR) is 66.9 cm³/mol. The normalized spacial score (nSPS) is 26.3. The van der Waals surface area contributed by atoms with E-state index in [0.717, 1.165) is 19.3 Å². The topological polar surface area (TPSA) is 37.4 Å². The summed E-state index contributed by atoms with van der Waals surface area (Å²) in [5.74, 6) is 0. The van der Waals surface area contributed by atoms with Crippen LogP contribution in [-0.4, -0.2) is 35.8 Å². The smallest absolute Gasteiger partial charge is 0.212 e. The molecule has 1 fully saturated rings. The lowest BCUT2D eigenvalue weighted by molar-refractivity contribution is 0.408. The van der Waals surface area contributed by atoms with Crippen LogP contribution in [0.2, 0.25) is 0 Å². The van der Waals surface area contributed by atoms with Crippen molar-refractivity contribution in [3.05, 3.63) is 0 Å². The molecule has 5 heteroatoms. The van der Waals surface area contributed by atoms with Crippen LogP contribution in [0.3, 0.4) is 0 Å². The average Bonchev–Trinajstić information content (AvgIpc) is 2.27. The maximum absolute atomic E-state index is 12.2. The SMILES string of the molecule is CC(C)(C)S(=O)(=O)N1CCCCC(S)C1. The zero-order valence-corrected chi connectivity index (χ0v) is 11.4. The van der Waals surface area contributed by atoms with E-state index in [9.17, 15) is 8.42 Å². The summed E-state index contributed by atoms with van der Waals surface area (Å²) >= 11 is 4.41. The standard InChI is InChI=1S/C10H21NO2S2/c1-10(2,3)15(12,13)11-7-5-4-6-9(14)8-11/h9,14H,4-8H2,1-3H3. The Balaban J connectivity index is 2.86. The van der Waals surface area contributed by atoms with Gasteiger partial charge in [-0.3, -0.25) is 0 Å². The average molecular weight is 251 g/mol. The van der Waals surface area contributed by atoms with E-state index < -0.39 is 14.8 Å². The second kappa shape index (κ2) is 4.63. The first kappa shape index (κ1) is 13.3. The van der Waals surface area contributed by atoms with E-state index in [1.165, 1.54) is 0 Å². The Bertz CT molecular complexity index is 306. The molecule has 90 valence electrons. The molecule has 1 rings (SSSR count). The molecule has 1 heterocycles. The van der Waals surface area contributed by atoms with Crippen LogP contribution in [0, 0.1) is 0 Å². The first-order valence-electron chi connectivity index (χ1n) is 5.43. The van der Waals surface area contributed by atoms with Crippen LogP contribution < -0.4 is 0 Å². The van der Waals surface area contributed by atoms with E-state index in [-0.39, 0.29) is 5.25 Å². The van der Waals surface area contributed by atoms with Crippen molar-refractivity contribution in [2.45, 2.75) is 50.0 Å². The van der Waals surface area contributed by atoms with Gasteiger partial charge in [-0.25, -0.2) is 12.7 Å². The molecule has 1 aliphatic rings. The Morgan fingerprint density at radius 3 is 2.40 bits per heavy atom. The van der Waals surface area contributed by atoms with Gasteiger partial charge in [0.2, 0.25) is 10.0 Å². The summed E-state index contributed by atoms with van der Waals surface area (Å²) in [6.45, 7) is 6.46. The van der Waals surface area contributed by atoms with Crippen molar-refractivity contribution in [3.63, 3.8) is 0 Å². The molecule has 0 saturated carbocycles. The number of rotatable bonds is 1. The summed E-state index contributed by atoms with van der Waals surface area (Å²) in [6, 6.07) is 0. The fourth-order valence-electron chi connectivity index (χ4n) is 1.69. The first-order chi connectivity index (χ1) is 6.75. The van der Waals surface area contributed by atoms with Gasteiger partial charge < -0.3 is 0 Å². The van der Waals surface area contributed by atoms with Gasteiger partial charge in [0.15, 0.2) is 0 Å². The lowest BCUT2D eigenvalue weighted by Crippen LogP contribution is -2.44. The highest BCUT2D eigenvalue weighted by atomic mass is 32.2. The van der Waals surface area contributed by atoms with E-state index >= 15 is 0 Å². The van der Waals surface area contributed by atoms with E-state index in [4.69, 9.17) is 0 Å². The van der Waals surface area contributed by atoms with Gasteiger partial charge in [0, 0.05) is 18.3 Å². The Morgan fingerprint density at radius 1 is 1.27 bits per heavy atom.